The van der Waals surface area contributed by atoms with Crippen LogP contribution in [0.2, 0.25) is 10.0 Å². The van der Waals surface area contributed by atoms with Crippen LogP contribution in [0.25, 0.3) is 0 Å². The van der Waals surface area contributed by atoms with E-state index in [9.17, 15) is 0 Å². The second-order valence-electron chi connectivity index (χ2n) is 3.91. The molecule has 1 atom stereocenters. The average Bonchev–Trinajstić information content (AvgIpc) is 2.35. The SMILES string of the molecule is Clc1ccccc1CC(Br)c1cccc(Br)c1Cl. The molecule has 0 radical (unpaired) electrons. The van der Waals surface area contributed by atoms with Gasteiger partial charge in [0.1, 0.15) is 0 Å². The summed E-state index contributed by atoms with van der Waals surface area (Å²) in [7, 11) is 0. The first-order valence-electron chi connectivity index (χ1n) is 5.41. The summed E-state index contributed by atoms with van der Waals surface area (Å²) in [6.07, 6.45) is 0.801. The molecule has 94 valence electrons. The van der Waals surface area contributed by atoms with E-state index in [1.807, 2.05) is 42.5 Å². The molecule has 1 unspecified atom stereocenters. The molecule has 0 nitrogen and oxygen atoms in total. The molecule has 2 aromatic carbocycles. The third kappa shape index (κ3) is 3.30. The van der Waals surface area contributed by atoms with Crippen LogP contribution in [0.5, 0.6) is 0 Å². The lowest BCUT2D eigenvalue weighted by atomic mass is 10.0. The van der Waals surface area contributed by atoms with Gasteiger partial charge < -0.3 is 0 Å². The van der Waals surface area contributed by atoms with Crippen molar-refractivity contribution >= 4 is 55.1 Å². The summed E-state index contributed by atoms with van der Waals surface area (Å²) >= 11 is 19.6. The molecule has 0 heterocycles. The zero-order valence-electron chi connectivity index (χ0n) is 9.34. The lowest BCUT2D eigenvalue weighted by molar-refractivity contribution is 0.948. The summed E-state index contributed by atoms with van der Waals surface area (Å²) in [4.78, 5) is 0.141. The summed E-state index contributed by atoms with van der Waals surface area (Å²) in [5.74, 6) is 0. The quantitative estimate of drug-likeness (QED) is 0.513. The molecule has 0 aliphatic heterocycles. The van der Waals surface area contributed by atoms with Gasteiger partial charge in [0, 0.05) is 14.3 Å². The van der Waals surface area contributed by atoms with Crippen molar-refractivity contribution < 1.29 is 0 Å². The van der Waals surface area contributed by atoms with E-state index < -0.39 is 0 Å². The van der Waals surface area contributed by atoms with E-state index in [1.165, 1.54) is 0 Å². The van der Waals surface area contributed by atoms with Gasteiger partial charge in [-0.25, -0.2) is 0 Å². The number of alkyl halides is 1. The standard InChI is InChI=1S/C14H10Br2Cl2/c15-11-6-3-5-10(14(11)18)12(16)8-9-4-1-2-7-13(9)17/h1-7,12H,8H2. The van der Waals surface area contributed by atoms with Crippen molar-refractivity contribution in [2.24, 2.45) is 0 Å². The molecule has 0 saturated heterocycles. The number of halogens is 4. The second kappa shape index (κ2) is 6.42. The molecule has 4 heteroatoms. The lowest BCUT2D eigenvalue weighted by Crippen LogP contribution is -1.97. The Morgan fingerprint density at radius 3 is 2.44 bits per heavy atom. The molecule has 0 N–H and O–H groups in total. The Morgan fingerprint density at radius 1 is 1.00 bits per heavy atom. The van der Waals surface area contributed by atoms with E-state index in [1.54, 1.807) is 0 Å². The normalized spacial score (nSPS) is 12.4. The number of benzene rings is 2. The van der Waals surface area contributed by atoms with Crippen molar-refractivity contribution in [1.29, 1.82) is 0 Å². The Kier molecular flexibility index (Phi) is 5.14. The van der Waals surface area contributed by atoms with Crippen molar-refractivity contribution in [1.82, 2.24) is 0 Å². The minimum atomic E-state index is 0.141. The molecular weight excluding hydrogens is 399 g/mol. The second-order valence-corrected chi connectivity index (χ2v) is 6.65. The molecule has 0 aliphatic carbocycles. The maximum absolute atomic E-state index is 6.28. The first kappa shape index (κ1) is 14.4. The van der Waals surface area contributed by atoms with Crippen molar-refractivity contribution in [2.75, 3.05) is 0 Å². The summed E-state index contributed by atoms with van der Waals surface area (Å²) in [6, 6.07) is 13.8. The highest BCUT2D eigenvalue weighted by Crippen LogP contribution is 2.37. The summed E-state index contributed by atoms with van der Waals surface area (Å²) in [6.45, 7) is 0. The van der Waals surface area contributed by atoms with E-state index in [0.717, 1.165) is 32.1 Å². The molecule has 0 amide bonds. The predicted octanol–water partition coefficient (Wildman–Crippen LogP) is 6.43. The predicted molar refractivity (Wildman–Crippen MR) is 86.0 cm³/mol. The minimum absolute atomic E-state index is 0.141. The molecule has 2 aromatic rings. The van der Waals surface area contributed by atoms with Gasteiger partial charge in [-0.1, -0.05) is 69.5 Å². The molecule has 2 rings (SSSR count). The Labute approximate surface area is 134 Å². The van der Waals surface area contributed by atoms with Gasteiger partial charge >= 0.3 is 0 Å². The highest BCUT2D eigenvalue weighted by molar-refractivity contribution is 9.10. The van der Waals surface area contributed by atoms with E-state index in [4.69, 9.17) is 23.2 Å². The smallest absolute Gasteiger partial charge is 0.0591 e. The van der Waals surface area contributed by atoms with E-state index in [0.29, 0.717) is 0 Å². The zero-order chi connectivity index (χ0) is 13.1. The van der Waals surface area contributed by atoms with Crippen molar-refractivity contribution in [2.45, 2.75) is 11.2 Å². The first-order chi connectivity index (χ1) is 8.59. The average molecular weight is 409 g/mol. The molecule has 0 bridgehead atoms. The van der Waals surface area contributed by atoms with Gasteiger partial charge in [0.2, 0.25) is 0 Å². The molecule has 0 aliphatic rings. The van der Waals surface area contributed by atoms with Gasteiger partial charge in [-0.05, 0) is 45.6 Å². The van der Waals surface area contributed by atoms with Gasteiger partial charge in [0.25, 0.3) is 0 Å². The highest BCUT2D eigenvalue weighted by Gasteiger charge is 2.14. The molecule has 0 aromatic heterocycles. The van der Waals surface area contributed by atoms with E-state index >= 15 is 0 Å². The number of rotatable bonds is 3. The van der Waals surface area contributed by atoms with Gasteiger partial charge in [0.05, 0.1) is 5.02 Å². The fourth-order valence-corrected chi connectivity index (χ4v) is 3.44. The Balaban J connectivity index is 2.25. The van der Waals surface area contributed by atoms with Gasteiger partial charge in [0.15, 0.2) is 0 Å². The lowest BCUT2D eigenvalue weighted by Gasteiger charge is -2.14. The Hall–Kier alpha value is -0.0200. The van der Waals surface area contributed by atoms with Crippen LogP contribution >= 0.6 is 55.1 Å². The number of hydrogen-bond acceptors (Lipinski definition) is 0. The Morgan fingerprint density at radius 2 is 1.72 bits per heavy atom. The van der Waals surface area contributed by atoms with Gasteiger partial charge in [-0.15, -0.1) is 0 Å². The molecular formula is C14H10Br2Cl2. The topological polar surface area (TPSA) is 0 Å². The fourth-order valence-electron chi connectivity index (χ4n) is 1.73. The fraction of sp³-hybridized carbons (Fsp3) is 0.143. The number of hydrogen-bond donors (Lipinski definition) is 0. The van der Waals surface area contributed by atoms with Crippen molar-refractivity contribution in [3.8, 4) is 0 Å². The van der Waals surface area contributed by atoms with E-state index in [-0.39, 0.29) is 4.83 Å². The van der Waals surface area contributed by atoms with Crippen LogP contribution in [0.15, 0.2) is 46.9 Å². The molecule has 18 heavy (non-hydrogen) atoms. The molecule has 0 fully saturated rings. The van der Waals surface area contributed by atoms with Crippen LogP contribution in [-0.4, -0.2) is 0 Å². The van der Waals surface area contributed by atoms with Crippen molar-refractivity contribution in [3.63, 3.8) is 0 Å². The van der Waals surface area contributed by atoms with Crippen LogP contribution in [0.1, 0.15) is 16.0 Å². The Bertz CT molecular complexity index is 555. The third-order valence-electron chi connectivity index (χ3n) is 2.68. The maximum atomic E-state index is 6.28. The van der Waals surface area contributed by atoms with Gasteiger partial charge in [-0.2, -0.15) is 0 Å². The van der Waals surface area contributed by atoms with Crippen LogP contribution in [-0.2, 0) is 6.42 Å². The molecule has 0 saturated carbocycles. The monoisotopic (exact) mass is 406 g/mol. The zero-order valence-corrected chi connectivity index (χ0v) is 14.0. The summed E-state index contributed by atoms with van der Waals surface area (Å²) in [5, 5.41) is 1.53. The summed E-state index contributed by atoms with van der Waals surface area (Å²) < 4.78 is 0.908. The van der Waals surface area contributed by atoms with E-state index in [2.05, 4.69) is 31.9 Å². The third-order valence-corrected chi connectivity index (χ3v) is 5.17. The molecule has 0 spiro atoms. The van der Waals surface area contributed by atoms with Crippen LogP contribution in [0, 0.1) is 0 Å². The first-order valence-corrected chi connectivity index (χ1v) is 7.87. The largest absolute Gasteiger partial charge is 0.0840 e. The van der Waals surface area contributed by atoms with Crippen molar-refractivity contribution in [3.05, 3.63) is 68.1 Å². The highest BCUT2D eigenvalue weighted by atomic mass is 79.9. The van der Waals surface area contributed by atoms with Crippen LogP contribution < -0.4 is 0 Å². The summed E-state index contributed by atoms with van der Waals surface area (Å²) in [5.41, 5.74) is 2.17. The van der Waals surface area contributed by atoms with Crippen LogP contribution in [0.4, 0.5) is 0 Å². The minimum Gasteiger partial charge on any atom is -0.0840 e. The van der Waals surface area contributed by atoms with Gasteiger partial charge in [-0.3, -0.25) is 0 Å². The maximum Gasteiger partial charge on any atom is 0.0591 e. The van der Waals surface area contributed by atoms with Crippen LogP contribution in [0.3, 0.4) is 0 Å².